The Kier molecular flexibility index (Phi) is 3.70. The fourth-order valence-corrected chi connectivity index (χ4v) is 1.97. The average molecular weight is 341 g/mol. The monoisotopic (exact) mass is 340 g/mol. The molecule has 1 aromatic carbocycles. The van der Waals surface area contributed by atoms with Gasteiger partial charge in [0.2, 0.25) is 0 Å². The molecule has 104 valence electrons. The third-order valence-corrected chi connectivity index (χ3v) is 3.21. The van der Waals surface area contributed by atoms with Gasteiger partial charge in [-0.05, 0) is 22.0 Å². The van der Waals surface area contributed by atoms with E-state index in [1.807, 2.05) is 0 Å². The second-order valence-electron chi connectivity index (χ2n) is 4.00. The first kappa shape index (κ1) is 14.0. The van der Waals surface area contributed by atoms with Gasteiger partial charge in [0.1, 0.15) is 0 Å². The van der Waals surface area contributed by atoms with Crippen molar-refractivity contribution >= 4 is 27.3 Å². The Morgan fingerprint density at radius 1 is 1.40 bits per heavy atom. The van der Waals surface area contributed by atoms with Crippen LogP contribution in [0.25, 0.3) is 0 Å². The molecule has 2 aromatic rings. The molecule has 0 aliphatic heterocycles. The van der Waals surface area contributed by atoms with Crippen LogP contribution in [0.3, 0.4) is 0 Å². The molecule has 8 nitrogen and oxygen atoms in total. The second kappa shape index (κ2) is 5.29. The number of nitrogen functional groups attached to an aromatic ring is 1. The summed E-state index contributed by atoms with van der Waals surface area (Å²) in [6, 6.07) is 3.98. The highest BCUT2D eigenvalue weighted by molar-refractivity contribution is 9.10. The number of aromatic nitrogens is 2. The molecule has 0 fully saturated rings. The van der Waals surface area contributed by atoms with Gasteiger partial charge in [-0.15, -0.1) is 0 Å². The minimum absolute atomic E-state index is 0.0156. The Bertz CT molecular complexity index is 796. The Morgan fingerprint density at radius 2 is 2.10 bits per heavy atom. The highest BCUT2D eigenvalue weighted by atomic mass is 79.9. The minimum Gasteiger partial charge on any atom is -0.398 e. The van der Waals surface area contributed by atoms with Crippen LogP contribution in [0.5, 0.6) is 0 Å². The van der Waals surface area contributed by atoms with E-state index < -0.39 is 16.2 Å². The maximum absolute atomic E-state index is 11.6. The SMILES string of the molecule is Nc1ccc([N+](=O)[O-])cc1Cn1cc(Br)c(=O)[nH]c1=O. The first-order valence-electron chi connectivity index (χ1n) is 5.40. The molecule has 3 N–H and O–H groups in total. The number of nitrogens with zero attached hydrogens (tertiary/aromatic N) is 2. The number of benzene rings is 1. The van der Waals surface area contributed by atoms with E-state index >= 15 is 0 Å². The summed E-state index contributed by atoms with van der Waals surface area (Å²) < 4.78 is 1.38. The number of hydrogen-bond donors (Lipinski definition) is 2. The van der Waals surface area contributed by atoms with Gasteiger partial charge in [-0.2, -0.15) is 0 Å². The molecule has 0 unspecified atom stereocenters. The van der Waals surface area contributed by atoms with E-state index in [2.05, 4.69) is 20.9 Å². The van der Waals surface area contributed by atoms with Crippen molar-refractivity contribution in [3.8, 4) is 0 Å². The molecule has 0 aliphatic carbocycles. The number of non-ortho nitro benzene ring substituents is 1. The molecule has 0 radical (unpaired) electrons. The first-order valence-corrected chi connectivity index (χ1v) is 6.20. The fourth-order valence-electron chi connectivity index (χ4n) is 1.63. The molecule has 9 heteroatoms. The van der Waals surface area contributed by atoms with E-state index in [9.17, 15) is 19.7 Å². The Balaban J connectivity index is 2.47. The zero-order valence-corrected chi connectivity index (χ0v) is 11.6. The van der Waals surface area contributed by atoms with Crippen molar-refractivity contribution in [3.05, 3.63) is 65.4 Å². The second-order valence-corrected chi connectivity index (χ2v) is 4.86. The zero-order chi connectivity index (χ0) is 14.9. The van der Waals surface area contributed by atoms with Crippen molar-refractivity contribution in [1.29, 1.82) is 0 Å². The summed E-state index contributed by atoms with van der Waals surface area (Å²) in [6.45, 7) is 0.0156. The fraction of sp³-hybridized carbons (Fsp3) is 0.0909. The van der Waals surface area contributed by atoms with Crippen LogP contribution in [-0.4, -0.2) is 14.5 Å². The molecule has 20 heavy (non-hydrogen) atoms. The van der Waals surface area contributed by atoms with Crippen molar-refractivity contribution < 1.29 is 4.92 Å². The minimum atomic E-state index is -0.621. The largest absolute Gasteiger partial charge is 0.398 e. The molecule has 0 saturated heterocycles. The van der Waals surface area contributed by atoms with Crippen molar-refractivity contribution in [2.24, 2.45) is 0 Å². The van der Waals surface area contributed by atoms with Crippen LogP contribution in [0.2, 0.25) is 0 Å². The molecule has 0 aliphatic rings. The molecule has 0 spiro atoms. The topological polar surface area (TPSA) is 124 Å². The molecule has 0 atom stereocenters. The summed E-state index contributed by atoms with van der Waals surface area (Å²) in [4.78, 5) is 35.2. The lowest BCUT2D eigenvalue weighted by Gasteiger charge is -2.08. The Hall–Kier alpha value is -2.42. The Labute approximate surface area is 120 Å². The summed E-state index contributed by atoms with van der Waals surface area (Å²) in [5.41, 5.74) is 5.19. The van der Waals surface area contributed by atoms with Gasteiger partial charge in [0.15, 0.2) is 0 Å². The van der Waals surface area contributed by atoms with Gasteiger partial charge in [0, 0.05) is 29.6 Å². The third-order valence-electron chi connectivity index (χ3n) is 2.65. The van der Waals surface area contributed by atoms with Crippen LogP contribution >= 0.6 is 15.9 Å². The number of halogens is 1. The lowest BCUT2D eigenvalue weighted by molar-refractivity contribution is -0.384. The van der Waals surface area contributed by atoms with Crippen LogP contribution < -0.4 is 17.0 Å². The van der Waals surface area contributed by atoms with Gasteiger partial charge in [-0.1, -0.05) is 0 Å². The van der Waals surface area contributed by atoms with Gasteiger partial charge in [-0.25, -0.2) is 4.79 Å². The number of rotatable bonds is 3. The van der Waals surface area contributed by atoms with Gasteiger partial charge >= 0.3 is 5.69 Å². The lowest BCUT2D eigenvalue weighted by atomic mass is 10.1. The van der Waals surface area contributed by atoms with Crippen LogP contribution in [0.1, 0.15) is 5.56 Å². The smallest absolute Gasteiger partial charge is 0.328 e. The number of nitro groups is 1. The van der Waals surface area contributed by atoms with Crippen LogP contribution in [0.15, 0.2) is 38.5 Å². The molecule has 0 saturated carbocycles. The summed E-state index contributed by atoms with van der Waals surface area (Å²) in [5.74, 6) is 0. The number of hydrogen-bond acceptors (Lipinski definition) is 5. The van der Waals surface area contributed by atoms with Crippen molar-refractivity contribution in [2.45, 2.75) is 6.54 Å². The molecule has 0 bridgehead atoms. The highest BCUT2D eigenvalue weighted by Crippen LogP contribution is 2.20. The van der Waals surface area contributed by atoms with Crippen molar-refractivity contribution in [3.63, 3.8) is 0 Å². The van der Waals surface area contributed by atoms with E-state index in [1.54, 1.807) is 0 Å². The van der Waals surface area contributed by atoms with Crippen molar-refractivity contribution in [2.75, 3.05) is 5.73 Å². The molecule has 0 amide bonds. The summed E-state index contributed by atoms with van der Waals surface area (Å²) in [7, 11) is 0. The summed E-state index contributed by atoms with van der Waals surface area (Å²) >= 11 is 3.01. The van der Waals surface area contributed by atoms with E-state index in [-0.39, 0.29) is 16.7 Å². The first-order chi connectivity index (χ1) is 9.38. The zero-order valence-electron chi connectivity index (χ0n) is 10.00. The van der Waals surface area contributed by atoms with Crippen LogP contribution in [-0.2, 0) is 6.54 Å². The number of aromatic amines is 1. The Morgan fingerprint density at radius 3 is 2.75 bits per heavy atom. The number of anilines is 1. The van der Waals surface area contributed by atoms with Crippen molar-refractivity contribution in [1.82, 2.24) is 9.55 Å². The third kappa shape index (κ3) is 2.77. The van der Waals surface area contributed by atoms with Crippen LogP contribution in [0.4, 0.5) is 11.4 Å². The quantitative estimate of drug-likeness (QED) is 0.486. The number of nitrogens with two attached hydrogens (primary N) is 1. The van der Waals surface area contributed by atoms with Gasteiger partial charge in [0.05, 0.1) is 15.9 Å². The maximum atomic E-state index is 11.6. The molecular weight excluding hydrogens is 332 g/mol. The molecule has 1 aromatic heterocycles. The lowest BCUT2D eigenvalue weighted by Crippen LogP contribution is -2.30. The van der Waals surface area contributed by atoms with Gasteiger partial charge in [-0.3, -0.25) is 24.5 Å². The average Bonchev–Trinajstić information content (AvgIpc) is 2.38. The standard InChI is InChI=1S/C11H9BrN4O4/c12-8-5-15(11(18)14-10(8)17)4-6-3-7(16(19)20)1-2-9(6)13/h1-3,5H,4,13H2,(H,14,17,18). The molecular formula is C11H9BrN4O4. The molecule has 2 rings (SSSR count). The number of nitro benzene ring substituents is 1. The maximum Gasteiger partial charge on any atom is 0.328 e. The van der Waals surface area contributed by atoms with Crippen LogP contribution in [0, 0.1) is 10.1 Å². The molecule has 1 heterocycles. The van der Waals surface area contributed by atoms with E-state index in [1.165, 1.54) is 29.0 Å². The van der Waals surface area contributed by atoms with Gasteiger partial charge < -0.3 is 5.73 Å². The van der Waals surface area contributed by atoms with E-state index in [0.29, 0.717) is 11.3 Å². The predicted molar refractivity (Wildman–Crippen MR) is 75.6 cm³/mol. The highest BCUT2D eigenvalue weighted by Gasteiger charge is 2.11. The summed E-state index contributed by atoms with van der Waals surface area (Å²) in [5, 5.41) is 10.7. The van der Waals surface area contributed by atoms with E-state index in [0.717, 1.165) is 0 Å². The van der Waals surface area contributed by atoms with E-state index in [4.69, 9.17) is 5.73 Å². The van der Waals surface area contributed by atoms with Gasteiger partial charge in [0.25, 0.3) is 11.2 Å². The predicted octanol–water partition coefficient (Wildman–Crippen LogP) is 0.838. The number of H-pyrrole nitrogens is 1. The normalized spacial score (nSPS) is 10.4. The number of nitrogens with one attached hydrogen (secondary N) is 1. The summed E-state index contributed by atoms with van der Waals surface area (Å²) in [6.07, 6.45) is 1.30.